The average Bonchev–Trinajstić information content (AvgIpc) is 2.81. The van der Waals surface area contributed by atoms with Crippen molar-refractivity contribution in [2.45, 2.75) is 51.5 Å². The monoisotopic (exact) mass is 291 g/mol. The van der Waals surface area contributed by atoms with Crippen LogP contribution in [0.15, 0.2) is 24.3 Å². The predicted molar refractivity (Wildman–Crippen MR) is 87.1 cm³/mol. The van der Waals surface area contributed by atoms with Crippen LogP contribution in [-0.4, -0.2) is 26.3 Å². The van der Waals surface area contributed by atoms with Gasteiger partial charge in [0.2, 0.25) is 0 Å². The highest BCUT2D eigenvalue weighted by Crippen LogP contribution is 2.25. The summed E-state index contributed by atoms with van der Waals surface area (Å²) in [6.07, 6.45) is 8.41. The number of hydrogen-bond donors (Lipinski definition) is 1. The first-order chi connectivity index (χ1) is 10.3. The molecule has 21 heavy (non-hydrogen) atoms. The van der Waals surface area contributed by atoms with Crippen molar-refractivity contribution in [3.63, 3.8) is 0 Å². The quantitative estimate of drug-likeness (QED) is 0.608. The van der Waals surface area contributed by atoms with Crippen LogP contribution in [0.5, 0.6) is 11.5 Å². The third kappa shape index (κ3) is 5.58. The molecule has 0 spiro atoms. The third-order valence-electron chi connectivity index (χ3n) is 4.50. The van der Waals surface area contributed by atoms with E-state index in [1.165, 1.54) is 38.5 Å². The summed E-state index contributed by atoms with van der Waals surface area (Å²) in [6.45, 7) is 3.94. The van der Waals surface area contributed by atoms with E-state index < -0.39 is 0 Å². The van der Waals surface area contributed by atoms with Crippen molar-refractivity contribution >= 4 is 0 Å². The van der Waals surface area contributed by atoms with Crippen LogP contribution >= 0.6 is 0 Å². The van der Waals surface area contributed by atoms with Gasteiger partial charge in [0.15, 0.2) is 0 Å². The Hall–Kier alpha value is -1.22. The van der Waals surface area contributed by atoms with Gasteiger partial charge in [-0.15, -0.1) is 0 Å². The molecule has 2 rings (SSSR count). The summed E-state index contributed by atoms with van der Waals surface area (Å²) < 4.78 is 10.9. The van der Waals surface area contributed by atoms with Gasteiger partial charge in [-0.3, -0.25) is 0 Å². The van der Waals surface area contributed by atoms with Crippen LogP contribution in [0.3, 0.4) is 0 Å². The van der Waals surface area contributed by atoms with Gasteiger partial charge in [-0.2, -0.15) is 0 Å². The van der Waals surface area contributed by atoms with Gasteiger partial charge in [0, 0.05) is 12.6 Å². The highest BCUT2D eigenvalue weighted by atomic mass is 16.5. The summed E-state index contributed by atoms with van der Waals surface area (Å²) >= 11 is 0. The smallest absolute Gasteiger partial charge is 0.119 e. The average molecular weight is 291 g/mol. The van der Waals surface area contributed by atoms with E-state index in [1.807, 2.05) is 24.3 Å². The standard InChI is InChI=1S/C18H29NO2/c1-15(16-7-5-3-4-6-8-16)19-13-14-21-18-11-9-17(20-2)10-12-18/h9-12,15-16,19H,3-8,13-14H2,1-2H3/t15-/m0/s1. The molecular formula is C18H29NO2. The summed E-state index contributed by atoms with van der Waals surface area (Å²) in [5.41, 5.74) is 0. The lowest BCUT2D eigenvalue weighted by atomic mass is 9.93. The summed E-state index contributed by atoms with van der Waals surface area (Å²) in [4.78, 5) is 0. The summed E-state index contributed by atoms with van der Waals surface area (Å²) in [6, 6.07) is 8.36. The highest BCUT2D eigenvalue weighted by Gasteiger charge is 2.18. The minimum Gasteiger partial charge on any atom is -0.497 e. The fourth-order valence-electron chi connectivity index (χ4n) is 3.11. The maximum atomic E-state index is 5.75. The molecule has 1 aliphatic carbocycles. The number of rotatable bonds is 7. The Labute approximate surface area is 129 Å². The van der Waals surface area contributed by atoms with Gasteiger partial charge in [-0.1, -0.05) is 25.7 Å². The zero-order valence-electron chi connectivity index (χ0n) is 13.4. The number of hydrogen-bond acceptors (Lipinski definition) is 3. The topological polar surface area (TPSA) is 30.5 Å². The van der Waals surface area contributed by atoms with Gasteiger partial charge in [-0.05, 0) is 49.9 Å². The van der Waals surface area contributed by atoms with Crippen LogP contribution in [-0.2, 0) is 0 Å². The third-order valence-corrected chi connectivity index (χ3v) is 4.50. The predicted octanol–water partition coefficient (Wildman–Crippen LogP) is 4.02. The molecule has 0 saturated heterocycles. The number of methoxy groups -OCH3 is 1. The lowest BCUT2D eigenvalue weighted by Gasteiger charge is -2.23. The molecule has 1 aromatic carbocycles. The zero-order chi connectivity index (χ0) is 14.9. The molecule has 0 heterocycles. The molecule has 1 aromatic rings. The minimum atomic E-state index is 0.600. The Bertz CT molecular complexity index is 383. The van der Waals surface area contributed by atoms with Gasteiger partial charge < -0.3 is 14.8 Å². The summed E-state index contributed by atoms with van der Waals surface area (Å²) in [5.74, 6) is 2.61. The lowest BCUT2D eigenvalue weighted by molar-refractivity contribution is 0.279. The van der Waals surface area contributed by atoms with Crippen molar-refractivity contribution in [1.82, 2.24) is 5.32 Å². The van der Waals surface area contributed by atoms with E-state index in [2.05, 4.69) is 12.2 Å². The molecule has 0 amide bonds. The van der Waals surface area contributed by atoms with Crippen molar-refractivity contribution in [3.8, 4) is 11.5 Å². The van der Waals surface area contributed by atoms with Gasteiger partial charge in [-0.25, -0.2) is 0 Å². The summed E-state index contributed by atoms with van der Waals surface area (Å²) in [7, 11) is 1.68. The van der Waals surface area contributed by atoms with E-state index in [1.54, 1.807) is 7.11 Å². The molecule has 1 N–H and O–H groups in total. The molecule has 0 aromatic heterocycles. The van der Waals surface area contributed by atoms with Crippen LogP contribution in [0.25, 0.3) is 0 Å². The van der Waals surface area contributed by atoms with E-state index in [0.29, 0.717) is 12.6 Å². The largest absolute Gasteiger partial charge is 0.497 e. The molecule has 1 atom stereocenters. The molecule has 0 aliphatic heterocycles. The van der Waals surface area contributed by atoms with E-state index in [0.717, 1.165) is 24.0 Å². The maximum absolute atomic E-state index is 5.75. The van der Waals surface area contributed by atoms with E-state index in [-0.39, 0.29) is 0 Å². The second-order valence-corrected chi connectivity index (χ2v) is 6.02. The van der Waals surface area contributed by atoms with E-state index in [4.69, 9.17) is 9.47 Å². The fraction of sp³-hybridized carbons (Fsp3) is 0.667. The van der Waals surface area contributed by atoms with Crippen molar-refractivity contribution in [2.24, 2.45) is 5.92 Å². The van der Waals surface area contributed by atoms with Crippen molar-refractivity contribution in [3.05, 3.63) is 24.3 Å². The van der Waals surface area contributed by atoms with Crippen LogP contribution in [0.4, 0.5) is 0 Å². The second-order valence-electron chi connectivity index (χ2n) is 6.02. The molecule has 1 fully saturated rings. The Morgan fingerprint density at radius 2 is 1.67 bits per heavy atom. The number of benzene rings is 1. The molecule has 0 radical (unpaired) electrons. The van der Waals surface area contributed by atoms with Crippen LogP contribution in [0, 0.1) is 5.92 Å². The molecule has 1 aliphatic rings. The Balaban J connectivity index is 1.63. The molecular weight excluding hydrogens is 262 g/mol. The molecule has 3 nitrogen and oxygen atoms in total. The molecule has 0 bridgehead atoms. The molecule has 3 heteroatoms. The van der Waals surface area contributed by atoms with Crippen LogP contribution in [0.2, 0.25) is 0 Å². The van der Waals surface area contributed by atoms with Crippen LogP contribution < -0.4 is 14.8 Å². The van der Waals surface area contributed by atoms with Crippen molar-refractivity contribution in [2.75, 3.05) is 20.3 Å². The van der Waals surface area contributed by atoms with Crippen molar-refractivity contribution in [1.29, 1.82) is 0 Å². The second kappa shape index (κ2) is 8.93. The normalized spacial score (nSPS) is 18.0. The summed E-state index contributed by atoms with van der Waals surface area (Å²) in [5, 5.41) is 3.62. The van der Waals surface area contributed by atoms with Crippen molar-refractivity contribution < 1.29 is 9.47 Å². The SMILES string of the molecule is COc1ccc(OCCN[C@@H](C)C2CCCCCC2)cc1. The number of nitrogens with one attached hydrogen (secondary N) is 1. The zero-order valence-corrected chi connectivity index (χ0v) is 13.4. The molecule has 0 unspecified atom stereocenters. The molecule has 1 saturated carbocycles. The first kappa shape index (κ1) is 16.2. The highest BCUT2D eigenvalue weighted by molar-refractivity contribution is 5.31. The first-order valence-corrected chi connectivity index (χ1v) is 8.30. The fourth-order valence-corrected chi connectivity index (χ4v) is 3.11. The van der Waals surface area contributed by atoms with Gasteiger partial charge >= 0.3 is 0 Å². The van der Waals surface area contributed by atoms with E-state index >= 15 is 0 Å². The van der Waals surface area contributed by atoms with Gasteiger partial charge in [0.1, 0.15) is 18.1 Å². The first-order valence-electron chi connectivity index (χ1n) is 8.30. The minimum absolute atomic E-state index is 0.600. The van der Waals surface area contributed by atoms with Crippen LogP contribution in [0.1, 0.15) is 45.4 Å². The Morgan fingerprint density at radius 1 is 1.05 bits per heavy atom. The van der Waals surface area contributed by atoms with Gasteiger partial charge in [0.25, 0.3) is 0 Å². The Morgan fingerprint density at radius 3 is 2.29 bits per heavy atom. The molecule has 118 valence electrons. The maximum Gasteiger partial charge on any atom is 0.119 e. The Kier molecular flexibility index (Phi) is 6.87. The van der Waals surface area contributed by atoms with Gasteiger partial charge in [0.05, 0.1) is 7.11 Å². The number of ether oxygens (including phenoxy) is 2. The van der Waals surface area contributed by atoms with E-state index in [9.17, 15) is 0 Å². The lowest BCUT2D eigenvalue weighted by Crippen LogP contribution is -2.36.